The van der Waals surface area contributed by atoms with Gasteiger partial charge in [-0.25, -0.2) is 4.99 Å². The van der Waals surface area contributed by atoms with E-state index in [0.29, 0.717) is 11.6 Å². The maximum Gasteiger partial charge on any atom is 0.253 e. The molecule has 1 amide bonds. The minimum Gasteiger partial charge on any atom is -0.371 e. The van der Waals surface area contributed by atoms with Crippen molar-refractivity contribution in [1.82, 2.24) is 15.2 Å². The molecule has 1 fully saturated rings. The maximum absolute atomic E-state index is 12.2. The van der Waals surface area contributed by atoms with Gasteiger partial charge in [-0.2, -0.15) is 0 Å². The van der Waals surface area contributed by atoms with Crippen molar-refractivity contribution in [3.63, 3.8) is 0 Å². The molecular weight excluding hydrogens is 434 g/mol. The SMILES string of the molecule is C=Cc1c(-c2ccc(C(=O)N(C)C)cc2)c[nH]c1N=CCc1ccc(N2CCC(NC)CC2)cc1. The molecule has 1 aromatic heterocycles. The average Bonchev–Trinajstić information content (AvgIpc) is 3.31. The van der Waals surface area contributed by atoms with E-state index >= 15 is 0 Å². The van der Waals surface area contributed by atoms with Crippen LogP contribution in [0.2, 0.25) is 0 Å². The van der Waals surface area contributed by atoms with Gasteiger partial charge in [0.2, 0.25) is 0 Å². The zero-order valence-electron chi connectivity index (χ0n) is 20.9. The van der Waals surface area contributed by atoms with Gasteiger partial charge in [0.15, 0.2) is 0 Å². The van der Waals surface area contributed by atoms with Crippen LogP contribution >= 0.6 is 0 Å². The molecule has 35 heavy (non-hydrogen) atoms. The van der Waals surface area contributed by atoms with Crippen LogP contribution in [0.1, 0.15) is 34.3 Å². The van der Waals surface area contributed by atoms with Crippen LogP contribution in [0.15, 0.2) is 66.3 Å². The van der Waals surface area contributed by atoms with Crippen molar-refractivity contribution < 1.29 is 4.79 Å². The number of piperidine rings is 1. The summed E-state index contributed by atoms with van der Waals surface area (Å²) in [5, 5.41) is 3.39. The Balaban J connectivity index is 1.40. The summed E-state index contributed by atoms with van der Waals surface area (Å²) in [5.74, 6) is 0.777. The van der Waals surface area contributed by atoms with Crippen molar-refractivity contribution in [2.75, 3.05) is 39.1 Å². The first kappa shape index (κ1) is 24.5. The number of anilines is 1. The quantitative estimate of drug-likeness (QED) is 0.448. The van der Waals surface area contributed by atoms with E-state index < -0.39 is 0 Å². The zero-order chi connectivity index (χ0) is 24.8. The van der Waals surface area contributed by atoms with Crippen molar-refractivity contribution in [3.8, 4) is 11.1 Å². The smallest absolute Gasteiger partial charge is 0.253 e. The van der Waals surface area contributed by atoms with Gasteiger partial charge in [-0.3, -0.25) is 4.79 Å². The van der Waals surface area contributed by atoms with Gasteiger partial charge in [-0.15, -0.1) is 0 Å². The van der Waals surface area contributed by atoms with Crippen LogP contribution in [-0.2, 0) is 6.42 Å². The molecule has 0 unspecified atom stereocenters. The highest BCUT2D eigenvalue weighted by molar-refractivity contribution is 5.94. The fourth-order valence-corrected chi connectivity index (χ4v) is 4.54. The lowest BCUT2D eigenvalue weighted by Gasteiger charge is -2.33. The number of nitrogens with one attached hydrogen (secondary N) is 2. The Morgan fingerprint density at radius 3 is 2.43 bits per heavy atom. The lowest BCUT2D eigenvalue weighted by molar-refractivity contribution is 0.0827. The minimum absolute atomic E-state index is 0.00811. The van der Waals surface area contributed by atoms with E-state index in [0.717, 1.165) is 42.0 Å². The van der Waals surface area contributed by atoms with Gasteiger partial charge in [-0.05, 0) is 55.3 Å². The first-order valence-corrected chi connectivity index (χ1v) is 12.2. The van der Waals surface area contributed by atoms with E-state index in [2.05, 4.69) is 58.1 Å². The summed E-state index contributed by atoms with van der Waals surface area (Å²) in [4.78, 5) is 24.2. The second kappa shape index (κ2) is 11.2. The Morgan fingerprint density at radius 1 is 1.14 bits per heavy atom. The number of carbonyl (C=O) groups is 1. The second-order valence-electron chi connectivity index (χ2n) is 9.18. The van der Waals surface area contributed by atoms with Gasteiger partial charge in [0, 0.05) is 74.4 Å². The normalized spacial score (nSPS) is 14.4. The van der Waals surface area contributed by atoms with E-state index in [1.54, 1.807) is 19.0 Å². The number of hydrogen-bond acceptors (Lipinski definition) is 4. The predicted octanol–water partition coefficient (Wildman–Crippen LogP) is 5.16. The molecule has 2 aromatic carbocycles. The largest absolute Gasteiger partial charge is 0.371 e. The van der Waals surface area contributed by atoms with Crippen LogP contribution in [0, 0.1) is 0 Å². The number of aromatic amines is 1. The van der Waals surface area contributed by atoms with Gasteiger partial charge >= 0.3 is 0 Å². The first-order valence-electron chi connectivity index (χ1n) is 12.2. The number of amides is 1. The highest BCUT2D eigenvalue weighted by Gasteiger charge is 2.17. The molecule has 0 bridgehead atoms. The number of hydrogen-bond donors (Lipinski definition) is 2. The summed E-state index contributed by atoms with van der Waals surface area (Å²) >= 11 is 0. The third kappa shape index (κ3) is 5.72. The molecule has 1 saturated heterocycles. The Hall–Kier alpha value is -3.64. The van der Waals surface area contributed by atoms with Crippen molar-refractivity contribution in [3.05, 3.63) is 78.0 Å². The van der Waals surface area contributed by atoms with Gasteiger partial charge in [0.25, 0.3) is 5.91 Å². The van der Waals surface area contributed by atoms with E-state index in [1.165, 1.54) is 24.1 Å². The number of benzene rings is 2. The van der Waals surface area contributed by atoms with Crippen molar-refractivity contribution in [1.29, 1.82) is 0 Å². The van der Waals surface area contributed by atoms with Gasteiger partial charge < -0.3 is 20.1 Å². The lowest BCUT2D eigenvalue weighted by Crippen LogP contribution is -2.41. The predicted molar refractivity (Wildman–Crippen MR) is 147 cm³/mol. The van der Waals surface area contributed by atoms with Crippen LogP contribution < -0.4 is 10.2 Å². The summed E-state index contributed by atoms with van der Waals surface area (Å²) in [7, 11) is 5.56. The second-order valence-corrected chi connectivity index (χ2v) is 9.18. The number of aliphatic imine (C=N–C) groups is 1. The molecule has 2 heterocycles. The molecule has 0 saturated carbocycles. The summed E-state index contributed by atoms with van der Waals surface area (Å²) in [5.41, 5.74) is 6.18. The van der Waals surface area contributed by atoms with E-state index in [1.807, 2.05) is 42.8 Å². The van der Waals surface area contributed by atoms with Crippen LogP contribution in [0.25, 0.3) is 17.2 Å². The Morgan fingerprint density at radius 2 is 1.83 bits per heavy atom. The Kier molecular flexibility index (Phi) is 7.83. The van der Waals surface area contributed by atoms with E-state index in [-0.39, 0.29) is 5.91 Å². The third-order valence-electron chi connectivity index (χ3n) is 6.70. The molecule has 4 rings (SSSR count). The summed E-state index contributed by atoms with van der Waals surface area (Å²) < 4.78 is 0. The molecule has 0 aliphatic carbocycles. The topological polar surface area (TPSA) is 63.7 Å². The zero-order valence-corrected chi connectivity index (χ0v) is 20.9. The molecule has 2 N–H and O–H groups in total. The van der Waals surface area contributed by atoms with Gasteiger partial charge in [0.05, 0.1) is 0 Å². The Bertz CT molecular complexity index is 1170. The number of nitrogens with zero attached hydrogens (tertiary/aromatic N) is 3. The summed E-state index contributed by atoms with van der Waals surface area (Å²) in [6, 6.07) is 17.1. The molecule has 0 radical (unpaired) electrons. The number of H-pyrrole nitrogens is 1. The van der Waals surface area contributed by atoms with Gasteiger partial charge in [-0.1, -0.05) is 36.9 Å². The summed E-state index contributed by atoms with van der Waals surface area (Å²) in [6.45, 7) is 6.18. The molecular formula is C29H35N5O. The standard InChI is InChI=1S/C29H35N5O/c1-5-26-27(22-8-10-23(11-9-22)29(35)33(3)4)20-32-28(26)31-17-14-21-6-12-25(13-7-21)34-18-15-24(30-2)16-19-34/h5-13,17,20,24,30,32H,1,14-16,18-19H2,2-4H3. The fraction of sp³-hybridized carbons (Fsp3) is 0.310. The molecule has 1 aliphatic heterocycles. The molecule has 6 nitrogen and oxygen atoms in total. The minimum atomic E-state index is -0.00811. The lowest BCUT2D eigenvalue weighted by atomic mass is 10.0. The van der Waals surface area contributed by atoms with E-state index in [9.17, 15) is 4.79 Å². The highest BCUT2D eigenvalue weighted by Crippen LogP contribution is 2.32. The maximum atomic E-state index is 12.2. The third-order valence-corrected chi connectivity index (χ3v) is 6.70. The van der Waals surface area contributed by atoms with Crippen molar-refractivity contribution >= 4 is 29.7 Å². The molecule has 3 aromatic rings. The number of rotatable bonds is 8. The van der Waals surface area contributed by atoms with Crippen molar-refractivity contribution in [2.24, 2.45) is 4.99 Å². The van der Waals surface area contributed by atoms with Crippen LogP contribution in [0.5, 0.6) is 0 Å². The molecule has 0 atom stereocenters. The summed E-state index contributed by atoms with van der Waals surface area (Å²) in [6.07, 6.45) is 8.84. The van der Waals surface area contributed by atoms with Crippen LogP contribution in [0.4, 0.5) is 11.5 Å². The number of carbonyl (C=O) groups excluding carboxylic acids is 1. The van der Waals surface area contributed by atoms with Crippen LogP contribution in [0.3, 0.4) is 0 Å². The first-order chi connectivity index (χ1) is 17.0. The molecule has 182 valence electrons. The molecule has 6 heteroatoms. The monoisotopic (exact) mass is 469 g/mol. The van der Waals surface area contributed by atoms with E-state index in [4.69, 9.17) is 0 Å². The average molecular weight is 470 g/mol. The Labute approximate surface area is 208 Å². The van der Waals surface area contributed by atoms with Crippen molar-refractivity contribution in [2.45, 2.75) is 25.3 Å². The van der Waals surface area contributed by atoms with Gasteiger partial charge in [0.1, 0.15) is 5.82 Å². The molecule has 1 aliphatic rings. The fourth-order valence-electron chi connectivity index (χ4n) is 4.54. The highest BCUT2D eigenvalue weighted by atomic mass is 16.2. The number of aromatic nitrogens is 1. The molecule has 0 spiro atoms. The van der Waals surface area contributed by atoms with Crippen LogP contribution in [-0.4, -0.2) is 62.3 Å².